The van der Waals surface area contributed by atoms with Gasteiger partial charge in [0.25, 0.3) is 0 Å². The molecule has 1 saturated carbocycles. The second-order valence-electron chi connectivity index (χ2n) is 4.95. The summed E-state index contributed by atoms with van der Waals surface area (Å²) in [5.41, 5.74) is 6.55. The Balaban J connectivity index is 2.07. The number of aromatic amines is 1. The fourth-order valence-corrected chi connectivity index (χ4v) is 2.92. The maximum absolute atomic E-state index is 11.4. The van der Waals surface area contributed by atoms with Crippen LogP contribution in [0, 0.1) is 0 Å². The number of amides is 1. The Kier molecular flexibility index (Phi) is 3.43. The molecule has 0 spiro atoms. The molecule has 7 nitrogen and oxygen atoms in total. The topological polar surface area (TPSA) is 101 Å². The third kappa shape index (κ3) is 2.40. The van der Waals surface area contributed by atoms with Gasteiger partial charge in [0.15, 0.2) is 11.5 Å². The second kappa shape index (κ2) is 5.24. The lowest BCUT2D eigenvalue weighted by Gasteiger charge is -2.28. The quantitative estimate of drug-likeness (QED) is 0.826. The molecular weight excluding hydrogens is 280 g/mol. The summed E-state index contributed by atoms with van der Waals surface area (Å²) in [7, 11) is 0. The van der Waals surface area contributed by atoms with E-state index in [0.29, 0.717) is 17.0 Å². The monoisotopic (exact) mass is 294 g/mol. The predicted octanol–water partition coefficient (Wildman–Crippen LogP) is 1.24. The number of halogens is 1. The minimum atomic E-state index is -0.390. The van der Waals surface area contributed by atoms with Crippen molar-refractivity contribution in [2.24, 2.45) is 5.73 Å². The van der Waals surface area contributed by atoms with Crippen LogP contribution in [0.15, 0.2) is 6.33 Å². The average Bonchev–Trinajstić information content (AvgIpc) is 3.05. The maximum Gasteiger partial charge on any atom is 0.237 e. The third-order valence-electron chi connectivity index (χ3n) is 3.60. The first-order valence-electron chi connectivity index (χ1n) is 6.56. The number of fused-ring (bicyclic) bond motifs is 1. The molecule has 0 atom stereocenters. The Hall–Kier alpha value is -1.89. The van der Waals surface area contributed by atoms with Gasteiger partial charge in [-0.1, -0.05) is 12.8 Å². The molecule has 2 aromatic heterocycles. The molecule has 1 aliphatic rings. The molecule has 2 aromatic rings. The standard InChI is InChI=1S/C12H15ClN6O/c13-12-17-10-9(15-6-16-10)11(18-12)19(5-8(14)20)7-3-1-2-4-7/h6-7H,1-5H2,(H2,14,20)(H,15,16,17,18). The van der Waals surface area contributed by atoms with Gasteiger partial charge in [0, 0.05) is 6.04 Å². The predicted molar refractivity (Wildman–Crippen MR) is 75.5 cm³/mol. The van der Waals surface area contributed by atoms with Gasteiger partial charge in [-0.25, -0.2) is 4.98 Å². The van der Waals surface area contributed by atoms with Crippen molar-refractivity contribution in [1.29, 1.82) is 0 Å². The SMILES string of the molecule is NC(=O)CN(c1nc(Cl)nc2nc[nH]c12)C1CCCC1. The number of hydrogen-bond acceptors (Lipinski definition) is 5. The average molecular weight is 295 g/mol. The molecule has 0 saturated heterocycles. The molecule has 0 aromatic carbocycles. The van der Waals surface area contributed by atoms with E-state index < -0.39 is 0 Å². The zero-order valence-corrected chi connectivity index (χ0v) is 11.6. The fourth-order valence-electron chi connectivity index (χ4n) is 2.76. The molecule has 3 rings (SSSR count). The van der Waals surface area contributed by atoms with Crippen LogP contribution in [0.25, 0.3) is 11.2 Å². The van der Waals surface area contributed by atoms with Gasteiger partial charge >= 0.3 is 0 Å². The van der Waals surface area contributed by atoms with Gasteiger partial charge < -0.3 is 15.6 Å². The zero-order valence-electron chi connectivity index (χ0n) is 10.8. The van der Waals surface area contributed by atoms with E-state index in [4.69, 9.17) is 17.3 Å². The Morgan fingerprint density at radius 3 is 2.90 bits per heavy atom. The maximum atomic E-state index is 11.4. The largest absolute Gasteiger partial charge is 0.368 e. The Labute approximate surface area is 120 Å². The minimum Gasteiger partial charge on any atom is -0.368 e. The number of nitrogens with two attached hydrogens (primary N) is 1. The number of anilines is 1. The van der Waals surface area contributed by atoms with Crippen molar-refractivity contribution in [2.45, 2.75) is 31.7 Å². The number of nitrogens with zero attached hydrogens (tertiary/aromatic N) is 4. The summed E-state index contributed by atoms with van der Waals surface area (Å²) in [5, 5.41) is 0.118. The molecule has 0 bridgehead atoms. The first-order chi connectivity index (χ1) is 9.65. The number of imidazole rings is 1. The van der Waals surface area contributed by atoms with Gasteiger partial charge in [-0.05, 0) is 24.4 Å². The van der Waals surface area contributed by atoms with Crippen molar-refractivity contribution < 1.29 is 4.79 Å². The molecule has 106 valence electrons. The van der Waals surface area contributed by atoms with Crippen molar-refractivity contribution >= 4 is 34.5 Å². The summed E-state index contributed by atoms with van der Waals surface area (Å²) in [4.78, 5) is 28.7. The van der Waals surface area contributed by atoms with Crippen molar-refractivity contribution in [1.82, 2.24) is 19.9 Å². The lowest BCUT2D eigenvalue weighted by atomic mass is 10.2. The lowest BCUT2D eigenvalue weighted by Crippen LogP contribution is -2.41. The van der Waals surface area contributed by atoms with Crippen molar-refractivity contribution in [2.75, 3.05) is 11.4 Å². The summed E-state index contributed by atoms with van der Waals surface area (Å²) in [6.45, 7) is 0.117. The van der Waals surface area contributed by atoms with E-state index in [1.165, 1.54) is 6.33 Å². The van der Waals surface area contributed by atoms with Crippen LogP contribution in [0.5, 0.6) is 0 Å². The number of nitrogens with one attached hydrogen (secondary N) is 1. The summed E-state index contributed by atoms with van der Waals surface area (Å²) in [6, 6.07) is 0.250. The number of rotatable bonds is 4. The van der Waals surface area contributed by atoms with Crippen molar-refractivity contribution in [3.63, 3.8) is 0 Å². The van der Waals surface area contributed by atoms with E-state index >= 15 is 0 Å². The number of carbonyl (C=O) groups excluding carboxylic acids is 1. The van der Waals surface area contributed by atoms with Crippen LogP contribution in [-0.4, -0.2) is 38.4 Å². The normalized spacial score (nSPS) is 15.8. The fraction of sp³-hybridized carbons (Fsp3) is 0.500. The highest BCUT2D eigenvalue weighted by atomic mass is 35.5. The van der Waals surface area contributed by atoms with Crippen molar-refractivity contribution in [3.8, 4) is 0 Å². The van der Waals surface area contributed by atoms with Crippen molar-refractivity contribution in [3.05, 3.63) is 11.6 Å². The van der Waals surface area contributed by atoms with Gasteiger partial charge in [-0.3, -0.25) is 4.79 Å². The lowest BCUT2D eigenvalue weighted by molar-refractivity contribution is -0.116. The number of hydrogen-bond donors (Lipinski definition) is 2. The van der Waals surface area contributed by atoms with E-state index in [2.05, 4.69) is 19.9 Å². The Morgan fingerprint density at radius 1 is 1.45 bits per heavy atom. The van der Waals surface area contributed by atoms with E-state index in [9.17, 15) is 4.79 Å². The summed E-state index contributed by atoms with van der Waals surface area (Å²) >= 11 is 5.95. The molecule has 0 aliphatic heterocycles. The molecular formula is C12H15ClN6O. The second-order valence-corrected chi connectivity index (χ2v) is 5.29. The van der Waals surface area contributed by atoms with Gasteiger partial charge in [-0.15, -0.1) is 0 Å². The molecule has 1 amide bonds. The number of primary amides is 1. The molecule has 2 heterocycles. The third-order valence-corrected chi connectivity index (χ3v) is 3.77. The van der Waals surface area contributed by atoms with E-state index in [0.717, 1.165) is 25.7 Å². The van der Waals surface area contributed by atoms with Crippen LogP contribution in [-0.2, 0) is 4.79 Å². The smallest absolute Gasteiger partial charge is 0.237 e. The molecule has 0 unspecified atom stereocenters. The minimum absolute atomic E-state index is 0.117. The molecule has 0 radical (unpaired) electrons. The van der Waals surface area contributed by atoms with E-state index in [-0.39, 0.29) is 23.8 Å². The first-order valence-corrected chi connectivity index (χ1v) is 6.94. The summed E-state index contributed by atoms with van der Waals surface area (Å²) < 4.78 is 0. The van der Waals surface area contributed by atoms with E-state index in [1.54, 1.807) is 0 Å². The summed E-state index contributed by atoms with van der Waals surface area (Å²) in [6.07, 6.45) is 5.86. The van der Waals surface area contributed by atoms with Crippen LogP contribution in [0.1, 0.15) is 25.7 Å². The van der Waals surface area contributed by atoms with Crippen LogP contribution in [0.4, 0.5) is 5.82 Å². The van der Waals surface area contributed by atoms with Gasteiger partial charge in [0.2, 0.25) is 11.2 Å². The number of aromatic nitrogens is 4. The molecule has 1 fully saturated rings. The van der Waals surface area contributed by atoms with E-state index in [1.807, 2.05) is 4.90 Å². The molecule has 3 N–H and O–H groups in total. The highest BCUT2D eigenvalue weighted by molar-refractivity contribution is 6.28. The van der Waals surface area contributed by atoms with Crippen LogP contribution in [0.2, 0.25) is 5.28 Å². The van der Waals surface area contributed by atoms with Crippen LogP contribution in [0.3, 0.4) is 0 Å². The van der Waals surface area contributed by atoms with Gasteiger partial charge in [0.1, 0.15) is 5.52 Å². The van der Waals surface area contributed by atoms with Crippen LogP contribution >= 0.6 is 11.6 Å². The first kappa shape index (κ1) is 13.1. The van der Waals surface area contributed by atoms with Gasteiger partial charge in [0.05, 0.1) is 12.9 Å². The number of carbonyl (C=O) groups is 1. The zero-order chi connectivity index (χ0) is 14.1. The van der Waals surface area contributed by atoms with Gasteiger partial charge in [-0.2, -0.15) is 9.97 Å². The molecule has 1 aliphatic carbocycles. The highest BCUT2D eigenvalue weighted by Gasteiger charge is 2.27. The Morgan fingerprint density at radius 2 is 2.20 bits per heavy atom. The Bertz CT molecular complexity index is 636. The number of H-pyrrole nitrogens is 1. The molecule has 20 heavy (non-hydrogen) atoms. The molecule has 8 heteroatoms. The van der Waals surface area contributed by atoms with Crippen LogP contribution < -0.4 is 10.6 Å². The summed E-state index contributed by atoms with van der Waals surface area (Å²) in [5.74, 6) is 0.211. The highest BCUT2D eigenvalue weighted by Crippen LogP contribution is 2.30.